The molecule has 0 bridgehead atoms. The molecule has 3 aromatic heterocycles. The number of amides is 2. The van der Waals surface area contributed by atoms with Gasteiger partial charge in [-0.05, 0) is 47.2 Å². The lowest BCUT2D eigenvalue weighted by atomic mass is 9.86. The van der Waals surface area contributed by atoms with Crippen molar-refractivity contribution in [3.63, 3.8) is 0 Å². The molecule has 5 rings (SSSR count). The first-order valence-electron chi connectivity index (χ1n) is 13.8. The number of pyridine rings is 2. The molecule has 2 atom stereocenters. The lowest BCUT2D eigenvalue weighted by Crippen LogP contribution is -2.28. The minimum absolute atomic E-state index is 0.00587. The Morgan fingerprint density at radius 3 is 2.51 bits per heavy atom. The number of aliphatic hydroxyl groups is 1. The van der Waals surface area contributed by atoms with E-state index in [1.807, 2.05) is 20.8 Å². The fraction of sp³-hybridized carbons (Fsp3) is 0.355. The van der Waals surface area contributed by atoms with Crippen LogP contribution in [0.15, 0.2) is 52.4 Å². The van der Waals surface area contributed by atoms with Crippen LogP contribution < -0.4 is 16.4 Å². The summed E-state index contributed by atoms with van der Waals surface area (Å²) in [5.41, 5.74) is 0.222. The van der Waals surface area contributed by atoms with Crippen LogP contribution in [0.3, 0.4) is 0 Å². The fourth-order valence-corrected chi connectivity index (χ4v) is 5.17. The van der Waals surface area contributed by atoms with E-state index >= 15 is 4.39 Å². The Bertz CT molecular complexity index is 1910. The van der Waals surface area contributed by atoms with Gasteiger partial charge >= 0.3 is 0 Å². The second kappa shape index (κ2) is 10.8. The van der Waals surface area contributed by atoms with E-state index in [-0.39, 0.29) is 33.8 Å². The smallest absolute Gasteiger partial charge is 0.283 e. The Morgan fingerprint density at radius 1 is 1.14 bits per heavy atom. The van der Waals surface area contributed by atoms with Gasteiger partial charge in [0, 0.05) is 50.0 Å². The number of nitrogens with zero attached hydrogens (tertiary/aromatic N) is 5. The van der Waals surface area contributed by atoms with Crippen molar-refractivity contribution in [1.29, 1.82) is 0 Å². The topological polar surface area (TPSA) is 139 Å². The van der Waals surface area contributed by atoms with Crippen molar-refractivity contribution in [1.82, 2.24) is 24.2 Å². The van der Waals surface area contributed by atoms with Gasteiger partial charge < -0.3 is 19.9 Å². The van der Waals surface area contributed by atoms with E-state index in [2.05, 4.69) is 15.4 Å². The van der Waals surface area contributed by atoms with Gasteiger partial charge in [-0.1, -0.05) is 20.8 Å². The number of rotatable bonds is 6. The van der Waals surface area contributed by atoms with Crippen LogP contribution in [0.1, 0.15) is 38.3 Å². The van der Waals surface area contributed by atoms with Crippen LogP contribution >= 0.6 is 0 Å². The van der Waals surface area contributed by atoms with Gasteiger partial charge in [-0.15, -0.1) is 0 Å². The standard InChI is InChI=1S/C31H33FN6O5/c1-31(2,3)18-9-16-13-34-38(30(43)25(16)23(32)11-18)26-22(15-39)19(7-8-33-26)17-10-24(29(42)37(6)14-17)35-27(40)20-12-21(20)28(41)36(4)5/h7-11,13-14,20-21,39H,12,15H2,1-6H3,(H,35,40)/t20-,21?/m1/s1. The second-order valence-corrected chi connectivity index (χ2v) is 12.1. The van der Waals surface area contributed by atoms with Gasteiger partial charge in [0.05, 0.1) is 30.0 Å². The lowest BCUT2D eigenvalue weighted by Gasteiger charge is -2.20. The third kappa shape index (κ3) is 5.45. The molecule has 0 radical (unpaired) electrons. The van der Waals surface area contributed by atoms with E-state index < -0.39 is 41.3 Å². The highest BCUT2D eigenvalue weighted by atomic mass is 19.1. The van der Waals surface area contributed by atoms with E-state index in [0.29, 0.717) is 28.5 Å². The molecule has 1 fully saturated rings. The number of hydrogen-bond donors (Lipinski definition) is 2. The lowest BCUT2D eigenvalue weighted by molar-refractivity contribution is -0.131. The molecular formula is C31H33FN6O5. The summed E-state index contributed by atoms with van der Waals surface area (Å²) >= 11 is 0. The summed E-state index contributed by atoms with van der Waals surface area (Å²) in [7, 11) is 4.76. The highest BCUT2D eigenvalue weighted by molar-refractivity contribution is 5.99. The molecule has 1 aliphatic rings. The molecule has 3 heterocycles. The minimum Gasteiger partial charge on any atom is -0.392 e. The van der Waals surface area contributed by atoms with E-state index in [4.69, 9.17) is 0 Å². The molecule has 1 aromatic carbocycles. The molecular weight excluding hydrogens is 555 g/mol. The van der Waals surface area contributed by atoms with Gasteiger partial charge in [0.2, 0.25) is 11.8 Å². The van der Waals surface area contributed by atoms with Crippen molar-refractivity contribution < 1.29 is 19.1 Å². The Labute approximate surface area is 246 Å². The predicted octanol–water partition coefficient (Wildman–Crippen LogP) is 2.74. The van der Waals surface area contributed by atoms with Crippen molar-refractivity contribution in [3.8, 4) is 16.9 Å². The van der Waals surface area contributed by atoms with E-state index in [1.54, 1.807) is 26.2 Å². The van der Waals surface area contributed by atoms with Crippen LogP contribution in [0.5, 0.6) is 0 Å². The number of halogens is 1. The number of nitrogens with one attached hydrogen (secondary N) is 1. The number of aryl methyl sites for hydroxylation is 1. The number of carbonyl (C=O) groups is 2. The first-order valence-corrected chi connectivity index (χ1v) is 13.8. The van der Waals surface area contributed by atoms with Gasteiger partial charge in [-0.2, -0.15) is 9.78 Å². The zero-order valence-corrected chi connectivity index (χ0v) is 24.8. The quantitative estimate of drug-likeness (QED) is 0.353. The van der Waals surface area contributed by atoms with Crippen molar-refractivity contribution in [3.05, 3.63) is 80.5 Å². The zero-order valence-electron chi connectivity index (χ0n) is 24.8. The van der Waals surface area contributed by atoms with Crippen molar-refractivity contribution in [2.24, 2.45) is 18.9 Å². The molecule has 1 saturated carbocycles. The number of aromatic nitrogens is 4. The van der Waals surface area contributed by atoms with Crippen LogP contribution in [0.2, 0.25) is 0 Å². The third-order valence-corrected chi connectivity index (χ3v) is 7.73. The summed E-state index contributed by atoms with van der Waals surface area (Å²) in [4.78, 5) is 57.2. The highest BCUT2D eigenvalue weighted by Crippen LogP contribution is 2.40. The molecule has 12 heteroatoms. The molecule has 1 unspecified atom stereocenters. The van der Waals surface area contributed by atoms with Crippen LogP contribution in [0.25, 0.3) is 27.7 Å². The summed E-state index contributed by atoms with van der Waals surface area (Å²) in [6, 6.07) is 6.13. The first-order chi connectivity index (χ1) is 20.2. The summed E-state index contributed by atoms with van der Waals surface area (Å²) in [5, 5.41) is 17.5. The molecule has 11 nitrogen and oxygen atoms in total. The van der Waals surface area contributed by atoms with Gasteiger partial charge in [-0.25, -0.2) is 9.37 Å². The third-order valence-electron chi connectivity index (χ3n) is 7.73. The first kappa shape index (κ1) is 29.8. The number of carbonyl (C=O) groups excluding carboxylic acids is 2. The van der Waals surface area contributed by atoms with Crippen LogP contribution in [0.4, 0.5) is 10.1 Å². The van der Waals surface area contributed by atoms with Crippen LogP contribution in [-0.4, -0.2) is 55.2 Å². The zero-order chi connectivity index (χ0) is 31.4. The Kier molecular flexibility index (Phi) is 7.51. The molecule has 224 valence electrons. The van der Waals surface area contributed by atoms with Crippen molar-refractivity contribution in [2.75, 3.05) is 19.4 Å². The summed E-state index contributed by atoms with van der Waals surface area (Å²) < 4.78 is 17.5. The van der Waals surface area contributed by atoms with Crippen molar-refractivity contribution >= 4 is 28.3 Å². The van der Waals surface area contributed by atoms with Gasteiger partial charge in [0.1, 0.15) is 11.5 Å². The molecule has 0 spiro atoms. The molecule has 0 saturated heterocycles. The number of fused-ring (bicyclic) bond motifs is 1. The molecule has 1 aliphatic carbocycles. The molecule has 2 amide bonds. The highest BCUT2D eigenvalue weighted by Gasteiger charge is 2.48. The average Bonchev–Trinajstić information content (AvgIpc) is 3.75. The van der Waals surface area contributed by atoms with Crippen LogP contribution in [0, 0.1) is 17.7 Å². The maximum atomic E-state index is 15.3. The Balaban J connectivity index is 1.56. The Hall–Kier alpha value is -4.71. The minimum atomic E-state index is -0.741. The van der Waals surface area contributed by atoms with E-state index in [0.717, 1.165) is 4.68 Å². The maximum Gasteiger partial charge on any atom is 0.283 e. The molecule has 43 heavy (non-hydrogen) atoms. The number of anilines is 1. The number of aliphatic hydroxyl groups excluding tert-OH is 1. The molecule has 4 aromatic rings. The Morgan fingerprint density at radius 2 is 1.86 bits per heavy atom. The summed E-state index contributed by atoms with van der Waals surface area (Å²) in [6.45, 7) is 5.26. The normalized spacial score (nSPS) is 16.3. The van der Waals surface area contributed by atoms with E-state index in [9.17, 15) is 24.3 Å². The number of hydrogen-bond acceptors (Lipinski definition) is 7. The monoisotopic (exact) mass is 588 g/mol. The van der Waals surface area contributed by atoms with Gasteiger partial charge in [0.15, 0.2) is 5.82 Å². The fourth-order valence-electron chi connectivity index (χ4n) is 5.17. The SMILES string of the molecule is CN(C)C(=O)C1C[C@H]1C(=O)Nc1cc(-c2ccnc(-n3ncc4cc(C(C)(C)C)cc(F)c4c3=O)c2CO)cn(C)c1=O. The number of benzene rings is 1. The summed E-state index contributed by atoms with van der Waals surface area (Å²) in [6.07, 6.45) is 4.72. The summed E-state index contributed by atoms with van der Waals surface area (Å²) in [5.74, 6) is -2.23. The molecule has 2 N–H and O–H groups in total. The van der Waals surface area contributed by atoms with Crippen molar-refractivity contribution in [2.45, 2.75) is 39.2 Å². The van der Waals surface area contributed by atoms with Gasteiger partial charge in [0.25, 0.3) is 11.1 Å². The largest absolute Gasteiger partial charge is 0.392 e. The maximum absolute atomic E-state index is 15.3. The van der Waals surface area contributed by atoms with E-state index in [1.165, 1.54) is 47.2 Å². The van der Waals surface area contributed by atoms with Crippen LogP contribution in [-0.2, 0) is 28.7 Å². The van der Waals surface area contributed by atoms with Gasteiger partial charge in [-0.3, -0.25) is 19.2 Å². The molecule has 0 aliphatic heterocycles. The second-order valence-electron chi connectivity index (χ2n) is 12.1. The average molecular weight is 589 g/mol. The predicted molar refractivity (Wildman–Crippen MR) is 159 cm³/mol.